The molecule has 1 saturated heterocycles. The molecule has 0 bridgehead atoms. The zero-order valence-electron chi connectivity index (χ0n) is 15.0. The second-order valence-electron chi connectivity index (χ2n) is 6.43. The zero-order chi connectivity index (χ0) is 19.4. The molecule has 0 aliphatic carbocycles. The smallest absolute Gasteiger partial charge is 0.287 e. The van der Waals surface area contributed by atoms with Gasteiger partial charge in [-0.15, -0.1) is 11.3 Å². The predicted octanol–water partition coefficient (Wildman–Crippen LogP) is 2.48. The first-order valence-electron chi connectivity index (χ1n) is 8.54. The number of carbonyl (C=O) groups excluding carboxylic acids is 2. The maximum absolute atomic E-state index is 12.0. The Hall–Kier alpha value is -1.75. The Balaban J connectivity index is 1.45. The molecular formula is C17H21BrN4O4S. The van der Waals surface area contributed by atoms with E-state index in [0.717, 1.165) is 18.8 Å². The van der Waals surface area contributed by atoms with Crippen LogP contribution >= 0.6 is 27.3 Å². The Morgan fingerprint density at radius 3 is 2.74 bits per heavy atom. The van der Waals surface area contributed by atoms with Crippen LogP contribution in [0.25, 0.3) is 0 Å². The summed E-state index contributed by atoms with van der Waals surface area (Å²) < 4.78 is 11.3. The molecule has 2 amide bonds. The van der Waals surface area contributed by atoms with Crippen LogP contribution in [0.3, 0.4) is 0 Å². The van der Waals surface area contributed by atoms with Gasteiger partial charge in [-0.05, 0) is 41.9 Å². The number of morpholine rings is 1. The summed E-state index contributed by atoms with van der Waals surface area (Å²) in [7, 11) is 0. The van der Waals surface area contributed by atoms with Crippen molar-refractivity contribution < 1.29 is 18.7 Å². The fourth-order valence-corrected chi connectivity index (χ4v) is 3.95. The zero-order valence-corrected chi connectivity index (χ0v) is 17.4. The fraction of sp³-hybridized carbons (Fsp3) is 0.471. The molecule has 2 aromatic heterocycles. The molecule has 3 heterocycles. The van der Waals surface area contributed by atoms with E-state index in [2.05, 4.69) is 50.3 Å². The number of rotatable bonds is 6. The lowest BCUT2D eigenvalue weighted by atomic mass is 10.2. The number of amides is 2. The van der Waals surface area contributed by atoms with Crippen molar-refractivity contribution in [3.63, 3.8) is 0 Å². The van der Waals surface area contributed by atoms with Crippen LogP contribution in [0.4, 0.5) is 5.13 Å². The maximum Gasteiger partial charge on any atom is 0.287 e. The number of anilines is 1. The third-order valence-corrected chi connectivity index (χ3v) is 5.12. The van der Waals surface area contributed by atoms with Crippen LogP contribution in [0.5, 0.6) is 0 Å². The molecule has 8 nitrogen and oxygen atoms in total. The van der Waals surface area contributed by atoms with Gasteiger partial charge >= 0.3 is 0 Å². The highest BCUT2D eigenvalue weighted by Crippen LogP contribution is 2.19. The summed E-state index contributed by atoms with van der Waals surface area (Å²) in [4.78, 5) is 30.6. The molecule has 0 saturated carbocycles. The molecule has 10 heteroatoms. The van der Waals surface area contributed by atoms with Crippen LogP contribution in [0, 0.1) is 0 Å². The number of aromatic nitrogens is 1. The lowest BCUT2D eigenvalue weighted by molar-refractivity contribution is -0.115. The normalized spacial score (nSPS) is 20.4. The Kier molecular flexibility index (Phi) is 6.64. The Labute approximate surface area is 169 Å². The van der Waals surface area contributed by atoms with E-state index >= 15 is 0 Å². The van der Waals surface area contributed by atoms with Crippen LogP contribution in [-0.2, 0) is 16.1 Å². The third-order valence-electron chi connectivity index (χ3n) is 3.89. The number of halogens is 1. The van der Waals surface area contributed by atoms with Crippen LogP contribution < -0.4 is 10.6 Å². The highest BCUT2D eigenvalue weighted by Gasteiger charge is 2.22. The second kappa shape index (κ2) is 8.96. The number of ether oxygens (including phenoxy) is 1. The molecule has 27 heavy (non-hydrogen) atoms. The number of carbonyl (C=O) groups is 2. The van der Waals surface area contributed by atoms with E-state index in [1.54, 1.807) is 6.07 Å². The number of hydrogen-bond donors (Lipinski definition) is 2. The molecule has 1 aliphatic rings. The Bertz CT molecular complexity index is 798. The van der Waals surface area contributed by atoms with Gasteiger partial charge in [0.2, 0.25) is 5.91 Å². The van der Waals surface area contributed by atoms with Gasteiger partial charge in [-0.1, -0.05) is 0 Å². The van der Waals surface area contributed by atoms with Crippen molar-refractivity contribution in [2.24, 2.45) is 0 Å². The maximum atomic E-state index is 12.0. The van der Waals surface area contributed by atoms with E-state index in [0.29, 0.717) is 16.3 Å². The molecule has 2 N–H and O–H groups in total. The largest absolute Gasteiger partial charge is 0.444 e. The summed E-state index contributed by atoms with van der Waals surface area (Å²) in [6.07, 6.45) is 0.398. The Morgan fingerprint density at radius 1 is 1.33 bits per heavy atom. The van der Waals surface area contributed by atoms with Gasteiger partial charge in [-0.3, -0.25) is 14.5 Å². The minimum atomic E-state index is -0.453. The van der Waals surface area contributed by atoms with Crippen molar-refractivity contribution >= 4 is 44.2 Å². The van der Waals surface area contributed by atoms with E-state index in [-0.39, 0.29) is 30.4 Å². The van der Waals surface area contributed by atoms with Gasteiger partial charge in [0.25, 0.3) is 5.91 Å². The van der Waals surface area contributed by atoms with E-state index in [4.69, 9.17) is 9.15 Å². The molecule has 0 aromatic carbocycles. The van der Waals surface area contributed by atoms with Gasteiger partial charge in [-0.25, -0.2) is 4.98 Å². The summed E-state index contributed by atoms with van der Waals surface area (Å²) in [5.74, 6) is -0.657. The minimum Gasteiger partial charge on any atom is -0.444 e. The van der Waals surface area contributed by atoms with Crippen LogP contribution in [0.2, 0.25) is 0 Å². The molecular weight excluding hydrogens is 436 g/mol. The molecule has 1 fully saturated rings. The highest BCUT2D eigenvalue weighted by molar-refractivity contribution is 9.10. The van der Waals surface area contributed by atoms with E-state index in [1.165, 1.54) is 17.4 Å². The minimum absolute atomic E-state index is 0.139. The first kappa shape index (κ1) is 20.0. The number of thiazole rings is 1. The van der Waals surface area contributed by atoms with Crippen LogP contribution in [0.15, 0.2) is 26.6 Å². The average Bonchev–Trinajstić information content (AvgIpc) is 3.21. The lowest BCUT2D eigenvalue weighted by Gasteiger charge is -2.34. The van der Waals surface area contributed by atoms with E-state index < -0.39 is 5.91 Å². The summed E-state index contributed by atoms with van der Waals surface area (Å²) in [6.45, 7) is 6.40. The lowest BCUT2D eigenvalue weighted by Crippen LogP contribution is -2.44. The summed E-state index contributed by atoms with van der Waals surface area (Å²) >= 11 is 4.49. The monoisotopic (exact) mass is 456 g/mol. The second-order valence-corrected chi connectivity index (χ2v) is 8.07. The van der Waals surface area contributed by atoms with Crippen LogP contribution in [0.1, 0.15) is 30.1 Å². The molecule has 3 rings (SSSR count). The number of furan rings is 1. The average molecular weight is 457 g/mol. The van der Waals surface area contributed by atoms with Gasteiger partial charge in [0.1, 0.15) is 0 Å². The van der Waals surface area contributed by atoms with Gasteiger partial charge in [-0.2, -0.15) is 0 Å². The van der Waals surface area contributed by atoms with Crippen molar-refractivity contribution in [3.05, 3.63) is 33.6 Å². The predicted molar refractivity (Wildman–Crippen MR) is 105 cm³/mol. The fourth-order valence-electron chi connectivity index (χ4n) is 2.93. The summed E-state index contributed by atoms with van der Waals surface area (Å²) in [5, 5.41) is 7.65. The van der Waals surface area contributed by atoms with Gasteiger partial charge in [0.05, 0.1) is 24.4 Å². The number of nitrogens with zero attached hydrogens (tertiary/aromatic N) is 2. The number of hydrogen-bond acceptors (Lipinski definition) is 7. The first-order valence-corrected chi connectivity index (χ1v) is 10.2. The van der Waals surface area contributed by atoms with Crippen molar-refractivity contribution in [3.8, 4) is 0 Å². The standard InChI is InChI=1S/C17H21BrN4O4S/c1-10-6-22(7-11(2)25-10)8-12-9-27-17(20-12)21-15(23)5-19-16(24)13-3-4-14(18)26-13/h3-4,9-11H,5-8H2,1-2H3,(H,19,24)(H,20,21,23). The van der Waals surface area contributed by atoms with Crippen molar-refractivity contribution in [1.82, 2.24) is 15.2 Å². The quantitative estimate of drug-likeness (QED) is 0.692. The Morgan fingerprint density at radius 2 is 2.07 bits per heavy atom. The van der Waals surface area contributed by atoms with Crippen molar-refractivity contribution in [2.45, 2.75) is 32.6 Å². The molecule has 0 radical (unpaired) electrons. The molecule has 2 atom stereocenters. The van der Waals surface area contributed by atoms with Crippen molar-refractivity contribution in [2.75, 3.05) is 25.0 Å². The molecule has 146 valence electrons. The van der Waals surface area contributed by atoms with Crippen molar-refractivity contribution in [1.29, 1.82) is 0 Å². The SMILES string of the molecule is CC1CN(Cc2csc(NC(=O)CNC(=O)c3ccc(Br)o3)n2)CC(C)O1. The highest BCUT2D eigenvalue weighted by atomic mass is 79.9. The summed E-state index contributed by atoms with van der Waals surface area (Å²) in [5.41, 5.74) is 0.904. The van der Waals surface area contributed by atoms with Gasteiger partial charge in [0, 0.05) is 25.0 Å². The van der Waals surface area contributed by atoms with Crippen LogP contribution in [-0.4, -0.2) is 53.5 Å². The van der Waals surface area contributed by atoms with E-state index in [9.17, 15) is 9.59 Å². The third kappa shape index (κ3) is 5.86. The van der Waals surface area contributed by atoms with E-state index in [1.807, 2.05) is 5.38 Å². The number of nitrogens with one attached hydrogen (secondary N) is 2. The molecule has 2 unspecified atom stereocenters. The van der Waals surface area contributed by atoms with Gasteiger partial charge < -0.3 is 19.8 Å². The van der Waals surface area contributed by atoms with Gasteiger partial charge in [0.15, 0.2) is 15.6 Å². The topological polar surface area (TPSA) is 96.7 Å². The molecule has 1 aliphatic heterocycles. The molecule has 2 aromatic rings. The summed E-state index contributed by atoms with van der Waals surface area (Å²) in [6, 6.07) is 3.14. The first-order chi connectivity index (χ1) is 12.9. The molecule has 0 spiro atoms.